The van der Waals surface area contributed by atoms with E-state index in [2.05, 4.69) is 26.1 Å². The van der Waals surface area contributed by atoms with E-state index in [4.69, 9.17) is 9.47 Å². The molecule has 0 aliphatic carbocycles. The van der Waals surface area contributed by atoms with Gasteiger partial charge in [0.05, 0.1) is 5.69 Å². The molecule has 1 aliphatic heterocycles. The Hall–Kier alpha value is -1.76. The lowest BCUT2D eigenvalue weighted by atomic mass is 9.93. The minimum absolute atomic E-state index is 0.142. The van der Waals surface area contributed by atoms with Crippen molar-refractivity contribution in [2.24, 2.45) is 0 Å². The SMILES string of the molecule is COC(CN1CCC(c2cc(-c3ccncc3)n[nH]2)CC1)OC. The lowest BCUT2D eigenvalue weighted by molar-refractivity contribution is -0.118. The number of hydrogen-bond donors (Lipinski definition) is 1. The van der Waals surface area contributed by atoms with Gasteiger partial charge in [-0.25, -0.2) is 0 Å². The molecule has 3 heterocycles. The van der Waals surface area contributed by atoms with Gasteiger partial charge in [-0.3, -0.25) is 15.0 Å². The Bertz CT molecular complexity index is 590. The molecule has 0 spiro atoms. The van der Waals surface area contributed by atoms with Gasteiger partial charge in [-0.05, 0) is 44.1 Å². The number of rotatable bonds is 6. The number of piperidine rings is 1. The van der Waals surface area contributed by atoms with Crippen LogP contribution in [0.25, 0.3) is 11.3 Å². The van der Waals surface area contributed by atoms with E-state index in [1.165, 1.54) is 5.69 Å². The highest BCUT2D eigenvalue weighted by Gasteiger charge is 2.24. The first kappa shape index (κ1) is 16.1. The van der Waals surface area contributed by atoms with Crippen molar-refractivity contribution in [3.8, 4) is 11.3 Å². The third kappa shape index (κ3) is 3.96. The molecule has 1 saturated heterocycles. The van der Waals surface area contributed by atoms with Gasteiger partial charge in [0.25, 0.3) is 0 Å². The Balaban J connectivity index is 1.57. The molecule has 2 aromatic heterocycles. The Morgan fingerprint density at radius 2 is 1.91 bits per heavy atom. The number of methoxy groups -OCH3 is 2. The lowest BCUT2D eigenvalue weighted by Crippen LogP contribution is -2.39. The van der Waals surface area contributed by atoms with Crippen molar-refractivity contribution >= 4 is 0 Å². The van der Waals surface area contributed by atoms with Crippen molar-refractivity contribution in [2.45, 2.75) is 25.0 Å². The summed E-state index contributed by atoms with van der Waals surface area (Å²) in [4.78, 5) is 6.45. The fourth-order valence-corrected chi connectivity index (χ4v) is 3.10. The second-order valence-corrected chi connectivity index (χ2v) is 5.92. The second kappa shape index (κ2) is 7.68. The maximum absolute atomic E-state index is 5.28. The largest absolute Gasteiger partial charge is 0.355 e. The van der Waals surface area contributed by atoms with E-state index in [0.29, 0.717) is 5.92 Å². The van der Waals surface area contributed by atoms with Crippen LogP contribution < -0.4 is 0 Å². The number of H-pyrrole nitrogens is 1. The monoisotopic (exact) mass is 316 g/mol. The van der Waals surface area contributed by atoms with Crippen LogP contribution in [0.5, 0.6) is 0 Å². The van der Waals surface area contributed by atoms with Crippen molar-refractivity contribution in [3.05, 3.63) is 36.3 Å². The van der Waals surface area contributed by atoms with Crippen molar-refractivity contribution in [2.75, 3.05) is 33.9 Å². The van der Waals surface area contributed by atoms with Gasteiger partial charge in [-0.2, -0.15) is 5.10 Å². The Morgan fingerprint density at radius 3 is 2.57 bits per heavy atom. The smallest absolute Gasteiger partial charge is 0.169 e. The first-order chi connectivity index (χ1) is 11.3. The summed E-state index contributed by atoms with van der Waals surface area (Å²) in [6, 6.07) is 6.14. The number of nitrogens with one attached hydrogen (secondary N) is 1. The summed E-state index contributed by atoms with van der Waals surface area (Å²) < 4.78 is 10.6. The van der Waals surface area contributed by atoms with Crippen molar-refractivity contribution in [1.29, 1.82) is 0 Å². The maximum atomic E-state index is 5.28. The van der Waals surface area contributed by atoms with Gasteiger partial charge < -0.3 is 9.47 Å². The van der Waals surface area contributed by atoms with Gasteiger partial charge in [0.2, 0.25) is 0 Å². The molecule has 0 amide bonds. The molecule has 6 nitrogen and oxygen atoms in total. The highest BCUT2D eigenvalue weighted by Crippen LogP contribution is 2.29. The minimum Gasteiger partial charge on any atom is -0.355 e. The maximum Gasteiger partial charge on any atom is 0.169 e. The van der Waals surface area contributed by atoms with Crippen LogP contribution in [0.4, 0.5) is 0 Å². The fourth-order valence-electron chi connectivity index (χ4n) is 3.10. The average molecular weight is 316 g/mol. The van der Waals surface area contributed by atoms with E-state index in [1.54, 1.807) is 26.6 Å². The lowest BCUT2D eigenvalue weighted by Gasteiger charge is -2.33. The molecule has 1 fully saturated rings. The van der Waals surface area contributed by atoms with Gasteiger partial charge >= 0.3 is 0 Å². The second-order valence-electron chi connectivity index (χ2n) is 5.92. The molecule has 0 unspecified atom stereocenters. The van der Waals surface area contributed by atoms with Gasteiger partial charge in [-0.1, -0.05) is 0 Å². The summed E-state index contributed by atoms with van der Waals surface area (Å²) in [5.74, 6) is 0.540. The average Bonchev–Trinajstić information content (AvgIpc) is 3.11. The molecule has 0 radical (unpaired) electrons. The van der Waals surface area contributed by atoms with Crippen molar-refractivity contribution < 1.29 is 9.47 Å². The van der Waals surface area contributed by atoms with Crippen LogP contribution in [0.2, 0.25) is 0 Å². The fraction of sp³-hybridized carbons (Fsp3) is 0.529. The van der Waals surface area contributed by atoms with Crippen molar-refractivity contribution in [1.82, 2.24) is 20.1 Å². The zero-order valence-corrected chi connectivity index (χ0v) is 13.7. The van der Waals surface area contributed by atoms with E-state index in [-0.39, 0.29) is 6.29 Å². The summed E-state index contributed by atoms with van der Waals surface area (Å²) in [6.07, 6.45) is 5.70. The quantitative estimate of drug-likeness (QED) is 0.828. The zero-order valence-electron chi connectivity index (χ0n) is 13.7. The molecular weight excluding hydrogens is 292 g/mol. The van der Waals surface area contributed by atoms with E-state index >= 15 is 0 Å². The Morgan fingerprint density at radius 1 is 1.22 bits per heavy atom. The van der Waals surface area contributed by atoms with Crippen LogP contribution in [-0.2, 0) is 9.47 Å². The number of hydrogen-bond acceptors (Lipinski definition) is 5. The predicted molar refractivity (Wildman–Crippen MR) is 88.0 cm³/mol. The first-order valence-corrected chi connectivity index (χ1v) is 8.03. The molecule has 1 aliphatic rings. The summed E-state index contributed by atoms with van der Waals surface area (Å²) in [5, 5.41) is 7.66. The molecular formula is C17H24N4O2. The van der Waals surface area contributed by atoms with Crippen LogP contribution in [0, 0.1) is 0 Å². The van der Waals surface area contributed by atoms with Crippen LogP contribution in [0.15, 0.2) is 30.6 Å². The molecule has 6 heteroatoms. The summed E-state index contributed by atoms with van der Waals surface area (Å²) in [6.45, 7) is 2.93. The number of nitrogens with zero attached hydrogens (tertiary/aromatic N) is 3. The van der Waals surface area contributed by atoms with Crippen LogP contribution in [0.1, 0.15) is 24.5 Å². The molecule has 0 aromatic carbocycles. The van der Waals surface area contributed by atoms with Gasteiger partial charge in [0.15, 0.2) is 6.29 Å². The first-order valence-electron chi connectivity index (χ1n) is 8.03. The standard InChI is InChI=1S/C17H24N4O2/c1-22-17(23-2)12-21-9-5-14(6-10-21)16-11-15(19-20-16)13-3-7-18-8-4-13/h3-4,7-8,11,14,17H,5-6,9-10,12H2,1-2H3,(H,19,20). The Kier molecular flexibility index (Phi) is 5.38. The molecule has 124 valence electrons. The molecule has 1 N–H and O–H groups in total. The van der Waals surface area contributed by atoms with E-state index in [1.807, 2.05) is 12.1 Å². The Labute approximate surface area is 136 Å². The van der Waals surface area contributed by atoms with Crippen LogP contribution in [-0.4, -0.2) is 60.2 Å². The van der Waals surface area contributed by atoms with Crippen LogP contribution in [0.3, 0.4) is 0 Å². The topological polar surface area (TPSA) is 63.3 Å². The van der Waals surface area contributed by atoms with E-state index < -0.39 is 0 Å². The normalized spacial score (nSPS) is 17.0. The third-order valence-corrected chi connectivity index (χ3v) is 4.53. The highest BCUT2D eigenvalue weighted by atomic mass is 16.7. The minimum atomic E-state index is -0.142. The molecule has 0 bridgehead atoms. The summed E-state index contributed by atoms with van der Waals surface area (Å²) in [7, 11) is 3.37. The molecule has 23 heavy (non-hydrogen) atoms. The number of ether oxygens (including phenoxy) is 2. The number of aromatic nitrogens is 3. The van der Waals surface area contributed by atoms with E-state index in [0.717, 1.165) is 43.7 Å². The summed E-state index contributed by atoms with van der Waals surface area (Å²) in [5.41, 5.74) is 3.32. The number of likely N-dealkylation sites (tertiary alicyclic amines) is 1. The number of pyridine rings is 1. The zero-order chi connectivity index (χ0) is 16.1. The van der Waals surface area contributed by atoms with Crippen LogP contribution >= 0.6 is 0 Å². The third-order valence-electron chi connectivity index (χ3n) is 4.53. The summed E-state index contributed by atoms with van der Waals surface area (Å²) >= 11 is 0. The molecule has 2 aromatic rings. The molecule has 0 atom stereocenters. The molecule has 0 saturated carbocycles. The molecule has 3 rings (SSSR count). The highest BCUT2D eigenvalue weighted by molar-refractivity contribution is 5.58. The van der Waals surface area contributed by atoms with Gasteiger partial charge in [-0.15, -0.1) is 0 Å². The van der Waals surface area contributed by atoms with E-state index in [9.17, 15) is 0 Å². The predicted octanol–water partition coefficient (Wildman–Crippen LogP) is 2.27. The van der Waals surface area contributed by atoms with Gasteiger partial charge in [0, 0.05) is 50.3 Å². The van der Waals surface area contributed by atoms with Gasteiger partial charge in [0.1, 0.15) is 0 Å². The number of aromatic amines is 1. The van der Waals surface area contributed by atoms with Crippen molar-refractivity contribution in [3.63, 3.8) is 0 Å².